The van der Waals surface area contributed by atoms with Gasteiger partial charge in [-0.15, -0.1) is 0 Å². The van der Waals surface area contributed by atoms with Crippen LogP contribution in [0.15, 0.2) is 22.9 Å². The molecule has 0 aromatic carbocycles. The smallest absolute Gasteiger partial charge is 0.263 e. The molecule has 0 aliphatic carbocycles. The molecule has 0 radical (unpaired) electrons. The minimum atomic E-state index is -0.324. The van der Waals surface area contributed by atoms with Crippen LogP contribution < -0.4 is 4.90 Å². The molecule has 2 aromatic heterocycles. The third kappa shape index (κ3) is 3.66. The van der Waals surface area contributed by atoms with Crippen LogP contribution in [0.25, 0.3) is 0 Å². The lowest BCUT2D eigenvalue weighted by atomic mass is 9.95. The first-order valence-electron chi connectivity index (χ1n) is 9.02. The van der Waals surface area contributed by atoms with Crippen molar-refractivity contribution >= 4 is 29.2 Å². The lowest BCUT2D eigenvalue weighted by Crippen LogP contribution is -2.42. The Hall–Kier alpha value is -2.48. The highest BCUT2D eigenvalue weighted by Crippen LogP contribution is 2.30. The minimum Gasteiger partial charge on any atom is -0.342 e. The van der Waals surface area contributed by atoms with Crippen molar-refractivity contribution in [1.29, 1.82) is 0 Å². The summed E-state index contributed by atoms with van der Waals surface area (Å²) in [7, 11) is 0. The number of piperidine rings is 1. The Morgan fingerprint density at radius 3 is 2.70 bits per heavy atom. The van der Waals surface area contributed by atoms with Crippen molar-refractivity contribution in [2.75, 3.05) is 24.5 Å². The van der Waals surface area contributed by atoms with Crippen molar-refractivity contribution in [3.63, 3.8) is 0 Å². The average molecular weight is 390 g/mol. The summed E-state index contributed by atoms with van der Waals surface area (Å²) in [5, 5.41) is 3.72. The molecule has 4 heterocycles. The number of carbonyl (C=O) groups is 2. The molecule has 2 fully saturated rings. The Kier molecular flexibility index (Phi) is 4.82. The van der Waals surface area contributed by atoms with Crippen LogP contribution >= 0.6 is 11.6 Å². The van der Waals surface area contributed by atoms with Crippen molar-refractivity contribution in [2.45, 2.75) is 32.1 Å². The van der Waals surface area contributed by atoms with Gasteiger partial charge in [0.25, 0.3) is 5.28 Å². The molecule has 1 atom stereocenters. The van der Waals surface area contributed by atoms with E-state index in [9.17, 15) is 9.59 Å². The summed E-state index contributed by atoms with van der Waals surface area (Å²) in [6, 6.07) is 3.74. The van der Waals surface area contributed by atoms with Crippen LogP contribution in [0.5, 0.6) is 0 Å². The molecule has 0 saturated carbocycles. The van der Waals surface area contributed by atoms with Crippen LogP contribution in [0.3, 0.4) is 0 Å². The summed E-state index contributed by atoms with van der Waals surface area (Å²) >= 11 is 5.71. The van der Waals surface area contributed by atoms with Gasteiger partial charge in [0, 0.05) is 38.2 Å². The summed E-state index contributed by atoms with van der Waals surface area (Å²) in [5.41, 5.74) is 1.03. The van der Waals surface area contributed by atoms with Gasteiger partial charge in [0.15, 0.2) is 0 Å². The Morgan fingerprint density at radius 2 is 2.07 bits per heavy atom. The number of nitrogens with zero attached hydrogens (tertiary/aromatic N) is 5. The number of rotatable bonds is 3. The molecule has 2 saturated heterocycles. The molecule has 2 aliphatic rings. The van der Waals surface area contributed by atoms with Gasteiger partial charge in [0.05, 0.1) is 5.92 Å². The number of hydrogen-bond acceptors (Lipinski definition) is 6. The fourth-order valence-corrected chi connectivity index (χ4v) is 3.82. The van der Waals surface area contributed by atoms with Crippen LogP contribution in [0.2, 0.25) is 5.28 Å². The highest BCUT2D eigenvalue weighted by molar-refractivity contribution is 6.28. The predicted octanol–water partition coefficient (Wildman–Crippen LogP) is 2.19. The molecule has 2 aliphatic heterocycles. The van der Waals surface area contributed by atoms with Gasteiger partial charge in [-0.1, -0.05) is 6.07 Å². The number of aryl methyl sites for hydroxylation is 1. The monoisotopic (exact) mass is 389 g/mol. The number of aromatic nitrogens is 3. The first-order valence-corrected chi connectivity index (χ1v) is 9.40. The molecule has 4 rings (SSSR count). The third-order valence-electron chi connectivity index (χ3n) is 5.22. The Balaban J connectivity index is 1.36. The standard InChI is InChI=1S/C18H20ClN5O3/c1-11-2-3-14(20-9-11)24-10-13(8-15(24)25)17(26)23-6-4-12(5-7-23)16-21-18(19)22-27-16/h2-3,9,12-13H,4-8,10H2,1H3. The molecule has 0 spiro atoms. The maximum Gasteiger partial charge on any atom is 0.263 e. The van der Waals surface area contributed by atoms with E-state index in [1.165, 1.54) is 0 Å². The minimum absolute atomic E-state index is 0.0278. The van der Waals surface area contributed by atoms with E-state index in [4.69, 9.17) is 16.1 Å². The highest BCUT2D eigenvalue weighted by atomic mass is 35.5. The summed E-state index contributed by atoms with van der Waals surface area (Å²) in [6.45, 7) is 3.54. The lowest BCUT2D eigenvalue weighted by molar-refractivity contribution is -0.136. The summed E-state index contributed by atoms with van der Waals surface area (Å²) < 4.78 is 5.13. The highest BCUT2D eigenvalue weighted by Gasteiger charge is 2.39. The van der Waals surface area contributed by atoms with E-state index in [0.717, 1.165) is 18.4 Å². The van der Waals surface area contributed by atoms with Gasteiger partial charge in [-0.25, -0.2) is 4.98 Å². The van der Waals surface area contributed by atoms with Gasteiger partial charge >= 0.3 is 0 Å². The second kappa shape index (κ2) is 7.26. The zero-order chi connectivity index (χ0) is 19.0. The largest absolute Gasteiger partial charge is 0.342 e. The number of likely N-dealkylation sites (tertiary alicyclic amines) is 1. The zero-order valence-electron chi connectivity index (χ0n) is 15.0. The molecule has 8 nitrogen and oxygen atoms in total. The summed E-state index contributed by atoms with van der Waals surface area (Å²) in [4.78, 5) is 37.1. The van der Waals surface area contributed by atoms with E-state index in [1.807, 2.05) is 24.0 Å². The molecule has 1 unspecified atom stereocenters. The first kappa shape index (κ1) is 17.9. The van der Waals surface area contributed by atoms with Crippen LogP contribution in [-0.4, -0.2) is 51.5 Å². The van der Waals surface area contributed by atoms with Gasteiger partial charge in [0.1, 0.15) is 5.82 Å². The fourth-order valence-electron chi connectivity index (χ4n) is 3.70. The molecular weight excluding hydrogens is 370 g/mol. The first-order chi connectivity index (χ1) is 13.0. The van der Waals surface area contributed by atoms with Gasteiger partial charge in [-0.2, -0.15) is 4.98 Å². The lowest BCUT2D eigenvalue weighted by Gasteiger charge is -2.32. The molecule has 2 aromatic rings. The second-order valence-corrected chi connectivity index (χ2v) is 7.44. The molecule has 142 valence electrons. The number of pyridine rings is 1. The van der Waals surface area contributed by atoms with Crippen molar-refractivity contribution in [1.82, 2.24) is 20.0 Å². The molecular formula is C18H20ClN5O3. The molecule has 0 bridgehead atoms. The summed E-state index contributed by atoms with van der Waals surface area (Å²) in [6.07, 6.45) is 3.45. The van der Waals surface area contributed by atoms with Crippen LogP contribution in [0, 0.1) is 12.8 Å². The number of halogens is 1. The van der Waals surface area contributed by atoms with Crippen LogP contribution in [0.1, 0.15) is 36.6 Å². The Morgan fingerprint density at radius 1 is 1.30 bits per heavy atom. The maximum atomic E-state index is 12.9. The molecule has 0 N–H and O–H groups in total. The molecule has 27 heavy (non-hydrogen) atoms. The van der Waals surface area contributed by atoms with E-state index in [1.54, 1.807) is 11.1 Å². The van der Waals surface area contributed by atoms with Crippen molar-refractivity contribution in [3.8, 4) is 0 Å². The number of amides is 2. The van der Waals surface area contributed by atoms with E-state index in [-0.39, 0.29) is 35.4 Å². The Bertz CT molecular complexity index is 845. The maximum absolute atomic E-state index is 12.9. The average Bonchev–Trinajstić information content (AvgIpc) is 3.28. The van der Waals surface area contributed by atoms with Gasteiger partial charge in [-0.05, 0) is 48.2 Å². The van der Waals surface area contributed by atoms with Crippen molar-refractivity contribution < 1.29 is 14.1 Å². The zero-order valence-corrected chi connectivity index (χ0v) is 15.7. The van der Waals surface area contributed by atoms with Gasteiger partial charge < -0.3 is 9.42 Å². The van der Waals surface area contributed by atoms with Crippen LogP contribution in [-0.2, 0) is 9.59 Å². The van der Waals surface area contributed by atoms with Crippen LogP contribution in [0.4, 0.5) is 5.82 Å². The quantitative estimate of drug-likeness (QED) is 0.798. The number of carbonyl (C=O) groups excluding carboxylic acids is 2. The SMILES string of the molecule is Cc1ccc(N2CC(C(=O)N3CCC(c4nc(Cl)no4)CC3)CC2=O)nc1. The van der Waals surface area contributed by atoms with Crippen molar-refractivity contribution in [2.24, 2.45) is 5.92 Å². The van der Waals surface area contributed by atoms with E-state index < -0.39 is 0 Å². The summed E-state index contributed by atoms with van der Waals surface area (Å²) in [5.74, 6) is 0.898. The van der Waals surface area contributed by atoms with E-state index >= 15 is 0 Å². The third-order valence-corrected chi connectivity index (χ3v) is 5.37. The second-order valence-electron chi connectivity index (χ2n) is 7.10. The van der Waals surface area contributed by atoms with Gasteiger partial charge in [0.2, 0.25) is 17.7 Å². The van der Waals surface area contributed by atoms with Gasteiger partial charge in [-0.3, -0.25) is 14.5 Å². The van der Waals surface area contributed by atoms with E-state index in [0.29, 0.717) is 31.3 Å². The van der Waals surface area contributed by atoms with E-state index in [2.05, 4.69) is 15.1 Å². The molecule has 2 amide bonds. The fraction of sp³-hybridized carbons (Fsp3) is 0.500. The topological polar surface area (TPSA) is 92.4 Å². The number of hydrogen-bond donors (Lipinski definition) is 0. The molecule has 9 heteroatoms. The Labute approximate surface area is 161 Å². The predicted molar refractivity (Wildman–Crippen MR) is 97.3 cm³/mol. The normalized spacial score (nSPS) is 21.1. The van der Waals surface area contributed by atoms with Crippen molar-refractivity contribution in [3.05, 3.63) is 35.1 Å². The number of anilines is 1.